The number of allylic oxidation sites excluding steroid dienone is 14. The SMILES string of the molecule is C#CC#CC#CC#CC#CC#CC#CC#CC#CC#CC#C[N+]1=C(/C=C/C=C/C=C/C=C2/N(CCCCCCCCCCCCCC)c3ccc4ccccc4c3C2(C)C)C(C)(C)c2c1ccc1ccccc21.C#CC#CC#CC#CC#CC#CC#CC#CC#CC#CC#C[N+]1=C(/C=C/C=C/C=C2/N(CCCCCCCCCCCCCC)c3ccc4ccccc4c3C2(C)C)C(C)(C)c2c1ccc1ccccc21.[HH].[HH].[HH].[HH].[HH].[HH].[HH].[HH].[HH].[HH].[HH].[HH].[HH].[HH].[HH].[HH].[HH].[HH].[HH].[HH].[HH].[HH].[HH].[HH].[HH].[HH].[HH].[HH].[HH].[HH].[HH].[HH].[HH].[HH].[HH].[HH].[HH].[HH].[HH].[HH].[HH].[HH].[HH].[HH].[I-].[I-]. The van der Waals surface area contributed by atoms with Gasteiger partial charge in [-0.2, -0.15) is 0 Å². The van der Waals surface area contributed by atoms with Crippen LogP contribution in [0.1, 0.15) is 308 Å². The Kier molecular flexibility index (Phi) is 48.3. The van der Waals surface area contributed by atoms with Gasteiger partial charge in [0, 0.05) is 275 Å². The Labute approximate surface area is 973 Å². The Morgan fingerprint density at radius 3 is 0.753 bits per heavy atom. The molecular formula is C140H208I2N4. The maximum atomic E-state index is 5.02. The number of anilines is 2. The van der Waals surface area contributed by atoms with Gasteiger partial charge in [-0.3, -0.25) is 0 Å². The molecule has 12 rings (SSSR count). The summed E-state index contributed by atoms with van der Waals surface area (Å²) in [7, 11) is 0. The lowest BCUT2D eigenvalue weighted by Crippen LogP contribution is -3.00. The predicted molar refractivity (Wildman–Crippen MR) is 703 cm³/mol. The number of rotatable bonds is 33. The Morgan fingerprint density at radius 2 is 0.473 bits per heavy atom. The van der Waals surface area contributed by atoms with Gasteiger partial charge in [-0.05, 0) is 226 Å². The molecule has 8 aromatic rings. The number of halogens is 2. The first-order valence-electron chi connectivity index (χ1n) is 50.3. The first kappa shape index (κ1) is 113. The van der Waals surface area contributed by atoms with Gasteiger partial charge in [0.2, 0.25) is 34.9 Å². The lowest BCUT2D eigenvalue weighted by molar-refractivity contribution is -0.332. The van der Waals surface area contributed by atoms with Crippen molar-refractivity contribution in [3.63, 3.8) is 0 Å². The average Bonchev–Trinajstić information content (AvgIpc) is 1.58. The van der Waals surface area contributed by atoms with Crippen molar-refractivity contribution in [2.75, 3.05) is 22.9 Å². The van der Waals surface area contributed by atoms with E-state index in [1.165, 1.54) is 242 Å². The molecule has 0 amide bonds. The average molecular weight is 2200 g/mol. The lowest BCUT2D eigenvalue weighted by atomic mass is 9.79. The molecule has 802 valence electrons. The molecule has 6 heteroatoms. The minimum Gasteiger partial charge on any atom is -1.00 e. The fraction of sp³-hybridized carbons (Fsp3) is 0.286. The van der Waals surface area contributed by atoms with Crippen LogP contribution in [0.5, 0.6) is 0 Å². The van der Waals surface area contributed by atoms with Crippen molar-refractivity contribution >= 4 is 77.3 Å². The van der Waals surface area contributed by atoms with Crippen LogP contribution in [-0.4, -0.2) is 33.7 Å². The van der Waals surface area contributed by atoms with E-state index in [0.29, 0.717) is 0 Å². The van der Waals surface area contributed by atoms with Gasteiger partial charge in [0.1, 0.15) is 0 Å². The molecule has 4 nitrogen and oxygen atoms in total. The van der Waals surface area contributed by atoms with E-state index < -0.39 is 0 Å². The third-order valence-electron chi connectivity index (χ3n) is 25.7. The van der Waals surface area contributed by atoms with Gasteiger partial charge in [-0.25, -0.2) is 0 Å². The van der Waals surface area contributed by atoms with Crippen molar-refractivity contribution in [1.82, 2.24) is 0 Å². The van der Waals surface area contributed by atoms with Crippen LogP contribution in [0.15, 0.2) is 230 Å². The molecule has 0 aliphatic carbocycles. The summed E-state index contributed by atoms with van der Waals surface area (Å²) in [5.74, 6) is 104. The van der Waals surface area contributed by atoms with E-state index in [1.807, 2.05) is 0 Å². The van der Waals surface area contributed by atoms with Crippen LogP contribution in [0.4, 0.5) is 22.7 Å². The smallest absolute Gasteiger partial charge is 0.243 e. The van der Waals surface area contributed by atoms with Gasteiger partial charge in [0.25, 0.3) is 0 Å². The summed E-state index contributed by atoms with van der Waals surface area (Å²) < 4.78 is 4.13. The molecule has 0 radical (unpaired) electrons. The summed E-state index contributed by atoms with van der Waals surface area (Å²) in [6.45, 7) is 25.2. The third kappa shape index (κ3) is 32.9. The van der Waals surface area contributed by atoms with Crippen LogP contribution in [0.2, 0.25) is 0 Å². The van der Waals surface area contributed by atoms with Crippen molar-refractivity contribution in [3.05, 3.63) is 252 Å². The predicted octanol–water partition coefficient (Wildman–Crippen LogP) is 32.4. The second kappa shape index (κ2) is 62.2. The number of benzene rings is 8. The molecule has 0 bridgehead atoms. The minimum atomic E-state index is -0.336. The highest BCUT2D eigenvalue weighted by Gasteiger charge is 2.48. The van der Waals surface area contributed by atoms with Crippen molar-refractivity contribution in [2.45, 2.75) is 245 Å². The van der Waals surface area contributed by atoms with Gasteiger partial charge < -0.3 is 57.8 Å². The van der Waals surface area contributed by atoms with Gasteiger partial charge in [0.15, 0.2) is 0 Å². The number of hydrogen-bond acceptors (Lipinski definition) is 2. The third-order valence-corrected chi connectivity index (χ3v) is 25.7. The Balaban J connectivity index is -0.0000000591. The van der Waals surface area contributed by atoms with E-state index in [0.717, 1.165) is 35.9 Å². The largest absolute Gasteiger partial charge is 1.00 e. The number of nitrogens with zero attached hydrogens (tertiary/aromatic N) is 4. The number of terminal acetylenes is 2. The van der Waals surface area contributed by atoms with Crippen molar-refractivity contribution < 1.29 is 120 Å². The standard InChI is InChI=1S/C71H61N2.C69H59N2.2HI.44H2/c1-7-9-11-13-15-17-19-21-22-23-24-25-26-27-28-30-32-34-39-47-59-73-65-57-55-61-49-43-45-51-63(61)69(65)71(5,6)67(73)53-41-37-35-36-40-52-66-70(3,4)68-62-50-44-42-48-60(62)54-56-64(68)72(66)58-46-38-33-31-29-20-18-16-14-12-10-8-2;1-7-9-11-13-15-17-19-21-22-23-24-25-26-27-28-30-32-34-36-45-57-71-63-55-53-59-47-41-43-49-61(59)67(63)69(5,6)65(71)51-39-37-38-50-64-68(3,4)66-60-48-42-40-46-58(60)52-54-62(66)70(64)56-44-35-33-31-29-20-18-16-14-12-10-8-2;;;;;;;;;;;;;;;;;;;;;;;;;;;;;;;;;;;;;;;;;;;;;;/h1,35-37,40-45,48-57H,8,10,12,14,16,18,20,29,31,33,38,46,58H2,2-6H3;1,37-43,46-55H,8,10,12,14,16,18,20,29,31,33,35,44,56H2,2-6H3;46*1H/q2*+1;;;;;;;;;;;;;;;;;;;;;;;;;;;;;;;;;;;;;;;;;;;;;;/p-2. The fourth-order valence-corrected chi connectivity index (χ4v) is 19.0. The van der Waals surface area contributed by atoms with Crippen LogP contribution in [0.3, 0.4) is 0 Å². The summed E-state index contributed by atoms with van der Waals surface area (Å²) in [6.07, 6.45) is 68.5. The lowest BCUT2D eigenvalue weighted by Gasteiger charge is -2.27. The molecule has 4 aliphatic heterocycles. The fourth-order valence-electron chi connectivity index (χ4n) is 19.0. The Bertz CT molecular complexity index is 8180. The highest BCUT2D eigenvalue weighted by atomic mass is 127. The molecule has 0 unspecified atom stereocenters. The second-order valence-electron chi connectivity index (χ2n) is 37.0. The number of unbranched alkanes of at least 4 members (excludes halogenated alkanes) is 22. The maximum absolute atomic E-state index is 5.02. The zero-order valence-corrected chi connectivity index (χ0v) is 90.2. The van der Waals surface area contributed by atoms with Crippen LogP contribution >= 0.6 is 0 Å². The van der Waals surface area contributed by atoms with Crippen LogP contribution in [-0.2, 0) is 21.7 Å². The van der Waals surface area contributed by atoms with Gasteiger partial charge in [0.05, 0.1) is 22.7 Å². The molecule has 0 saturated heterocycles. The van der Waals surface area contributed by atoms with Gasteiger partial charge in [-0.1, -0.05) is 341 Å². The summed E-state index contributed by atoms with van der Waals surface area (Å²) in [5.41, 5.74) is 13.9. The van der Waals surface area contributed by atoms with Gasteiger partial charge in [-0.15, -0.1) is 22.0 Å². The Morgan fingerprint density at radius 1 is 0.247 bits per heavy atom. The molecule has 0 fully saturated rings. The summed E-state index contributed by atoms with van der Waals surface area (Å²) in [5, 5.41) is 10.1. The molecule has 0 N–H and O–H groups in total. The van der Waals surface area contributed by atoms with Crippen LogP contribution in [0, 0.1) is 262 Å². The second-order valence-corrected chi connectivity index (χ2v) is 37.0. The van der Waals surface area contributed by atoms with Crippen molar-refractivity contribution in [3.8, 4) is 262 Å². The topological polar surface area (TPSA) is 12.5 Å². The summed E-state index contributed by atoms with van der Waals surface area (Å²) in [6, 6.07) is 59.3. The normalized spacial score (nSPS) is 13.2. The molecular weight excluding hydrogens is 1990 g/mol. The van der Waals surface area contributed by atoms with E-state index in [4.69, 9.17) is 12.8 Å². The monoisotopic (exact) mass is 2200 g/mol. The molecule has 146 heavy (non-hydrogen) atoms. The summed E-state index contributed by atoms with van der Waals surface area (Å²) >= 11 is 0. The zero-order valence-electron chi connectivity index (χ0n) is 85.9. The van der Waals surface area contributed by atoms with E-state index in [-0.39, 0.29) is 132 Å². The first-order chi connectivity index (χ1) is 70.6. The van der Waals surface area contributed by atoms with E-state index in [2.05, 4.69) is 556 Å². The highest BCUT2D eigenvalue weighted by molar-refractivity contribution is 6.09. The molecule has 0 atom stereocenters. The van der Waals surface area contributed by atoms with Crippen molar-refractivity contribution in [2.24, 2.45) is 0 Å². The molecule has 4 heterocycles. The summed E-state index contributed by atoms with van der Waals surface area (Å²) in [4.78, 5) is 5.19. The molecule has 0 aromatic heterocycles. The quantitative estimate of drug-likeness (QED) is 0.0134. The highest BCUT2D eigenvalue weighted by Crippen LogP contribution is 2.53. The Hall–Kier alpha value is -16.3. The number of hydrogen-bond donors (Lipinski definition) is 0. The van der Waals surface area contributed by atoms with Crippen molar-refractivity contribution in [1.29, 1.82) is 0 Å². The maximum Gasteiger partial charge on any atom is 0.243 e. The van der Waals surface area contributed by atoms with E-state index >= 15 is 0 Å². The molecule has 8 aromatic carbocycles. The van der Waals surface area contributed by atoms with Crippen LogP contribution in [0.25, 0.3) is 43.1 Å². The van der Waals surface area contributed by atoms with Crippen LogP contribution < -0.4 is 57.8 Å². The zero-order chi connectivity index (χ0) is 101. The molecule has 4 aliphatic rings. The first-order valence-corrected chi connectivity index (χ1v) is 50.3. The van der Waals surface area contributed by atoms with Gasteiger partial charge >= 0.3 is 0 Å². The minimum absolute atomic E-state index is 0. The molecule has 0 spiro atoms. The van der Waals surface area contributed by atoms with E-state index in [1.54, 1.807) is 0 Å². The number of fused-ring (bicyclic) bond motifs is 12. The van der Waals surface area contributed by atoms with E-state index in [9.17, 15) is 0 Å². The molecule has 0 saturated carbocycles.